The maximum Gasteiger partial charge on any atom is 0.253 e. The molecule has 1 aliphatic heterocycles. The summed E-state index contributed by atoms with van der Waals surface area (Å²) in [6.07, 6.45) is 3.54. The van der Waals surface area contributed by atoms with Gasteiger partial charge in [0.2, 0.25) is 0 Å². The third kappa shape index (κ3) is 1.53. The van der Waals surface area contributed by atoms with E-state index in [0.717, 1.165) is 22.4 Å². The number of aromatic nitrogens is 3. The molecule has 0 spiro atoms. The molecule has 1 aliphatic rings. The minimum atomic E-state index is -0.0352. The van der Waals surface area contributed by atoms with Gasteiger partial charge in [-0.25, -0.2) is 4.98 Å². The average Bonchev–Trinajstić information content (AvgIpc) is 2.78. The van der Waals surface area contributed by atoms with Crippen LogP contribution in [0.3, 0.4) is 0 Å². The highest BCUT2D eigenvalue weighted by atomic mass is 16.1. The Morgan fingerprint density at radius 3 is 3.00 bits per heavy atom. The molecule has 4 rings (SSSR count). The molecule has 0 fully saturated rings. The highest BCUT2D eigenvalue weighted by molar-refractivity contribution is 6.06. The monoisotopic (exact) mass is 264 g/mol. The third-order valence-corrected chi connectivity index (χ3v) is 3.55. The number of pyridine rings is 1. The van der Waals surface area contributed by atoms with E-state index in [2.05, 4.69) is 19.9 Å². The summed E-state index contributed by atoms with van der Waals surface area (Å²) in [6.45, 7) is 1.32. The molecule has 0 bridgehead atoms. The van der Waals surface area contributed by atoms with Crippen LogP contribution in [0.2, 0.25) is 0 Å². The fourth-order valence-corrected chi connectivity index (χ4v) is 2.68. The molecule has 1 amide bonds. The number of nitrogens with one attached hydrogen (secondary N) is 1. The van der Waals surface area contributed by atoms with Gasteiger partial charge in [0.05, 0.1) is 16.6 Å². The minimum absolute atomic E-state index is 0.0352. The Labute approximate surface area is 115 Å². The van der Waals surface area contributed by atoms with Gasteiger partial charge in [-0.2, -0.15) is 0 Å². The van der Waals surface area contributed by atoms with E-state index < -0.39 is 0 Å². The molecule has 1 N–H and O–H groups in total. The average molecular weight is 264 g/mol. The van der Waals surface area contributed by atoms with Crippen molar-refractivity contribution in [1.29, 1.82) is 0 Å². The zero-order chi connectivity index (χ0) is 13.5. The number of carbonyl (C=O) groups is 1. The SMILES string of the molecule is O=C1NCCn2c(-c3cccnc3)nc3cccc1c32. The van der Waals surface area contributed by atoms with Crippen molar-refractivity contribution in [3.8, 4) is 11.4 Å². The molecule has 0 atom stereocenters. The van der Waals surface area contributed by atoms with Gasteiger partial charge < -0.3 is 9.88 Å². The third-order valence-electron chi connectivity index (χ3n) is 3.55. The molecule has 5 heteroatoms. The molecule has 0 saturated heterocycles. The predicted molar refractivity (Wildman–Crippen MR) is 75.3 cm³/mol. The number of para-hydroxylation sites is 1. The Bertz CT molecular complexity index is 807. The van der Waals surface area contributed by atoms with E-state index in [1.54, 1.807) is 12.4 Å². The lowest BCUT2D eigenvalue weighted by Gasteiger charge is -2.06. The molecule has 0 saturated carbocycles. The van der Waals surface area contributed by atoms with Gasteiger partial charge in [-0.15, -0.1) is 0 Å². The van der Waals surface area contributed by atoms with Crippen molar-refractivity contribution in [3.05, 3.63) is 48.3 Å². The van der Waals surface area contributed by atoms with Crippen LogP contribution in [0.4, 0.5) is 0 Å². The summed E-state index contributed by atoms with van der Waals surface area (Å²) in [6, 6.07) is 9.52. The van der Waals surface area contributed by atoms with Crippen molar-refractivity contribution in [3.63, 3.8) is 0 Å². The fraction of sp³-hybridized carbons (Fsp3) is 0.133. The molecule has 3 aromatic rings. The zero-order valence-corrected chi connectivity index (χ0v) is 10.7. The zero-order valence-electron chi connectivity index (χ0n) is 10.7. The normalized spacial score (nSPS) is 14.1. The van der Waals surface area contributed by atoms with Crippen LogP contribution in [0.25, 0.3) is 22.4 Å². The molecule has 2 aromatic heterocycles. The number of hydrogen-bond donors (Lipinski definition) is 1. The first kappa shape index (κ1) is 11.2. The van der Waals surface area contributed by atoms with Gasteiger partial charge in [-0.1, -0.05) is 6.07 Å². The Kier molecular flexibility index (Phi) is 2.32. The number of benzene rings is 1. The summed E-state index contributed by atoms with van der Waals surface area (Å²) >= 11 is 0. The number of rotatable bonds is 1. The highest BCUT2D eigenvalue weighted by Crippen LogP contribution is 2.27. The van der Waals surface area contributed by atoms with E-state index >= 15 is 0 Å². The smallest absolute Gasteiger partial charge is 0.253 e. The van der Waals surface area contributed by atoms with Crippen LogP contribution in [-0.4, -0.2) is 27.0 Å². The van der Waals surface area contributed by atoms with Gasteiger partial charge >= 0.3 is 0 Å². The number of amides is 1. The highest BCUT2D eigenvalue weighted by Gasteiger charge is 2.21. The lowest BCUT2D eigenvalue weighted by molar-refractivity contribution is 0.0956. The van der Waals surface area contributed by atoms with Gasteiger partial charge in [0.1, 0.15) is 5.82 Å². The van der Waals surface area contributed by atoms with Crippen molar-refractivity contribution in [1.82, 2.24) is 19.9 Å². The quantitative estimate of drug-likeness (QED) is 0.729. The fourth-order valence-electron chi connectivity index (χ4n) is 2.68. The van der Waals surface area contributed by atoms with Gasteiger partial charge in [-0.05, 0) is 24.3 Å². The summed E-state index contributed by atoms with van der Waals surface area (Å²) in [7, 11) is 0. The Hall–Kier alpha value is -2.69. The van der Waals surface area contributed by atoms with Crippen molar-refractivity contribution >= 4 is 16.9 Å². The van der Waals surface area contributed by atoms with Crippen LogP contribution in [0.5, 0.6) is 0 Å². The lowest BCUT2D eigenvalue weighted by Crippen LogP contribution is -2.24. The van der Waals surface area contributed by atoms with Crippen molar-refractivity contribution < 1.29 is 4.79 Å². The Morgan fingerprint density at radius 2 is 2.15 bits per heavy atom. The summed E-state index contributed by atoms with van der Waals surface area (Å²) in [5, 5.41) is 2.91. The van der Waals surface area contributed by atoms with Crippen LogP contribution in [0, 0.1) is 0 Å². The van der Waals surface area contributed by atoms with Crippen LogP contribution in [0.15, 0.2) is 42.7 Å². The summed E-state index contributed by atoms with van der Waals surface area (Å²) < 4.78 is 2.10. The first-order valence-corrected chi connectivity index (χ1v) is 6.52. The van der Waals surface area contributed by atoms with E-state index in [1.165, 1.54) is 0 Å². The molecular weight excluding hydrogens is 252 g/mol. The van der Waals surface area contributed by atoms with Crippen molar-refractivity contribution in [2.75, 3.05) is 6.54 Å². The molecule has 0 aliphatic carbocycles. The second-order valence-electron chi connectivity index (χ2n) is 4.76. The first-order valence-electron chi connectivity index (χ1n) is 6.52. The largest absolute Gasteiger partial charge is 0.350 e. The van der Waals surface area contributed by atoms with Crippen LogP contribution >= 0.6 is 0 Å². The van der Waals surface area contributed by atoms with Gasteiger partial charge in [-0.3, -0.25) is 9.78 Å². The molecular formula is C15H12N4O. The molecule has 20 heavy (non-hydrogen) atoms. The second kappa shape index (κ2) is 4.16. The van der Waals surface area contributed by atoms with E-state index in [1.807, 2.05) is 30.3 Å². The summed E-state index contributed by atoms with van der Waals surface area (Å²) in [5.74, 6) is 0.823. The van der Waals surface area contributed by atoms with E-state index in [4.69, 9.17) is 0 Å². The number of imidazole rings is 1. The molecule has 3 heterocycles. The van der Waals surface area contributed by atoms with E-state index in [0.29, 0.717) is 18.7 Å². The van der Waals surface area contributed by atoms with Gasteiger partial charge in [0.15, 0.2) is 0 Å². The summed E-state index contributed by atoms with van der Waals surface area (Å²) in [5.41, 5.74) is 3.39. The topological polar surface area (TPSA) is 59.8 Å². The van der Waals surface area contributed by atoms with Crippen LogP contribution in [-0.2, 0) is 6.54 Å². The maximum absolute atomic E-state index is 12.1. The van der Waals surface area contributed by atoms with Crippen molar-refractivity contribution in [2.45, 2.75) is 6.54 Å². The minimum Gasteiger partial charge on any atom is -0.350 e. The van der Waals surface area contributed by atoms with Gasteiger partial charge in [0.25, 0.3) is 5.91 Å². The van der Waals surface area contributed by atoms with Crippen molar-refractivity contribution in [2.24, 2.45) is 0 Å². The molecule has 1 aromatic carbocycles. The predicted octanol–water partition coefficient (Wildman–Crippen LogP) is 1.84. The lowest BCUT2D eigenvalue weighted by atomic mass is 10.2. The molecule has 98 valence electrons. The van der Waals surface area contributed by atoms with Crippen LogP contribution in [0.1, 0.15) is 10.4 Å². The first-order chi connectivity index (χ1) is 9.84. The second-order valence-corrected chi connectivity index (χ2v) is 4.76. The summed E-state index contributed by atoms with van der Waals surface area (Å²) in [4.78, 5) is 20.9. The number of nitrogens with zero attached hydrogens (tertiary/aromatic N) is 3. The molecule has 0 unspecified atom stereocenters. The number of carbonyl (C=O) groups excluding carboxylic acids is 1. The van der Waals surface area contributed by atoms with Crippen LogP contribution < -0.4 is 5.32 Å². The molecule has 5 nitrogen and oxygen atoms in total. The Balaban J connectivity index is 2.07. The maximum atomic E-state index is 12.1. The van der Waals surface area contributed by atoms with E-state index in [-0.39, 0.29) is 5.91 Å². The molecule has 0 radical (unpaired) electrons. The standard InChI is InChI=1S/C15H12N4O/c20-15-11-4-1-5-12-13(11)19(8-7-17-15)14(18-12)10-3-2-6-16-9-10/h1-6,9H,7-8H2,(H,17,20). The Morgan fingerprint density at radius 1 is 1.20 bits per heavy atom. The van der Waals surface area contributed by atoms with E-state index in [9.17, 15) is 4.79 Å². The van der Waals surface area contributed by atoms with Gasteiger partial charge in [0, 0.05) is 31.0 Å². The number of hydrogen-bond acceptors (Lipinski definition) is 3.